The minimum Gasteiger partial charge on any atom is -0.449 e. The van der Waals surface area contributed by atoms with Gasteiger partial charge in [0.25, 0.3) is 0 Å². The number of carbonyl (C=O) groups excluding carboxylic acids is 1. The molecule has 2 N–H and O–H groups in total. The number of fused-ring (bicyclic) bond motifs is 3. The van der Waals surface area contributed by atoms with Crippen LogP contribution in [0, 0.1) is 0 Å². The van der Waals surface area contributed by atoms with Crippen LogP contribution >= 0.6 is 15.9 Å². The summed E-state index contributed by atoms with van der Waals surface area (Å²) in [5, 5.41) is 12.6. The van der Waals surface area contributed by atoms with Crippen LogP contribution in [0.1, 0.15) is 55.9 Å². The second-order valence-corrected chi connectivity index (χ2v) is 11.8. The van der Waals surface area contributed by atoms with E-state index in [9.17, 15) is 9.90 Å². The van der Waals surface area contributed by atoms with Crippen LogP contribution in [0.4, 0.5) is 4.79 Å². The normalized spacial score (nSPS) is 17.6. The molecule has 0 bridgehead atoms. The summed E-state index contributed by atoms with van der Waals surface area (Å²) in [7, 11) is -0.648. The zero-order valence-electron chi connectivity index (χ0n) is 22.7. The van der Waals surface area contributed by atoms with E-state index >= 15 is 0 Å². The molecule has 3 aromatic rings. The maximum Gasteiger partial charge on any atom is 0.492 e. The quantitative estimate of drug-likeness (QED) is 0.308. The number of aliphatic hydroxyl groups excluding tert-OH is 1. The Labute approximate surface area is 238 Å². The zero-order chi connectivity index (χ0) is 27.8. The highest BCUT2D eigenvalue weighted by Crippen LogP contribution is 2.44. The Morgan fingerprint density at radius 1 is 1.00 bits per heavy atom. The van der Waals surface area contributed by atoms with Crippen LogP contribution in [-0.2, 0) is 20.7 Å². The smallest absolute Gasteiger partial charge is 0.449 e. The van der Waals surface area contributed by atoms with Gasteiger partial charge in [-0.15, -0.1) is 0 Å². The first kappa shape index (κ1) is 27.7. The van der Waals surface area contributed by atoms with Crippen LogP contribution in [0.15, 0.2) is 76.7 Å². The first-order valence-electron chi connectivity index (χ1n) is 13.1. The monoisotopic (exact) mass is 589 g/mol. The third kappa shape index (κ3) is 5.57. The third-order valence-electron chi connectivity index (χ3n) is 7.93. The van der Waals surface area contributed by atoms with Gasteiger partial charge in [0.15, 0.2) is 0 Å². The molecule has 8 heteroatoms. The van der Waals surface area contributed by atoms with E-state index in [0.717, 1.165) is 21.1 Å². The lowest BCUT2D eigenvalue weighted by atomic mass is 9.77. The second kappa shape index (κ2) is 10.9. The van der Waals surface area contributed by atoms with Crippen molar-refractivity contribution in [2.75, 3.05) is 13.2 Å². The van der Waals surface area contributed by atoms with E-state index in [2.05, 4.69) is 45.5 Å². The minimum atomic E-state index is -0.648. The van der Waals surface area contributed by atoms with Gasteiger partial charge in [-0.05, 0) is 78.7 Å². The predicted octanol–water partition coefficient (Wildman–Crippen LogP) is 6.49. The van der Waals surface area contributed by atoms with E-state index in [0.29, 0.717) is 0 Å². The average Bonchev–Trinajstić information content (AvgIpc) is 3.35. The molecule has 0 saturated carbocycles. The van der Waals surface area contributed by atoms with Gasteiger partial charge in [-0.3, -0.25) is 0 Å². The molecule has 0 unspecified atom stereocenters. The van der Waals surface area contributed by atoms with E-state index in [4.69, 9.17) is 14.0 Å². The Balaban J connectivity index is 1.31. The van der Waals surface area contributed by atoms with Gasteiger partial charge in [0.1, 0.15) is 6.61 Å². The molecule has 0 aromatic heterocycles. The van der Waals surface area contributed by atoms with Gasteiger partial charge in [-0.1, -0.05) is 76.6 Å². The molecule has 6 nitrogen and oxygen atoms in total. The topological polar surface area (TPSA) is 77.0 Å². The largest absolute Gasteiger partial charge is 0.492 e. The number of hydrogen-bond donors (Lipinski definition) is 2. The van der Waals surface area contributed by atoms with Crippen molar-refractivity contribution < 1.29 is 23.9 Å². The van der Waals surface area contributed by atoms with E-state index in [1.807, 2.05) is 76.2 Å². The summed E-state index contributed by atoms with van der Waals surface area (Å²) < 4.78 is 19.1. The molecule has 1 fully saturated rings. The Morgan fingerprint density at radius 3 is 2.18 bits per heavy atom. The molecule has 39 heavy (non-hydrogen) atoms. The molecular weight excluding hydrogens is 557 g/mol. The van der Waals surface area contributed by atoms with E-state index in [1.54, 1.807) is 0 Å². The molecule has 5 rings (SSSR count). The van der Waals surface area contributed by atoms with Crippen LogP contribution in [0.25, 0.3) is 17.2 Å². The molecule has 0 radical (unpaired) electrons. The lowest BCUT2D eigenvalue weighted by molar-refractivity contribution is 0.00578. The number of aliphatic hydroxyl groups is 1. The molecule has 3 aromatic carbocycles. The number of hydrogen-bond acceptors (Lipinski definition) is 5. The fourth-order valence-electron chi connectivity index (χ4n) is 5.04. The number of rotatable bonds is 7. The number of nitrogens with one attached hydrogen (secondary N) is 1. The fourth-order valence-corrected chi connectivity index (χ4v) is 5.41. The van der Waals surface area contributed by atoms with Gasteiger partial charge in [0.05, 0.1) is 17.8 Å². The molecule has 1 heterocycles. The van der Waals surface area contributed by atoms with Gasteiger partial charge < -0.3 is 24.5 Å². The van der Waals surface area contributed by atoms with Crippen molar-refractivity contribution in [2.45, 2.75) is 51.4 Å². The summed E-state index contributed by atoms with van der Waals surface area (Å²) >= 11 is 3.46. The number of alkyl carbamates (subject to hydrolysis) is 1. The Morgan fingerprint density at radius 2 is 1.59 bits per heavy atom. The maximum absolute atomic E-state index is 12.9. The highest BCUT2D eigenvalue weighted by atomic mass is 79.9. The molecular formula is C31H33BBrNO5. The van der Waals surface area contributed by atoms with Crippen LogP contribution in [0.5, 0.6) is 0 Å². The summed E-state index contributed by atoms with van der Waals surface area (Å²) in [6.45, 7) is 8.30. The fraction of sp³-hybridized carbons (Fsp3) is 0.323. The predicted molar refractivity (Wildman–Crippen MR) is 157 cm³/mol. The Kier molecular flexibility index (Phi) is 7.75. The maximum atomic E-state index is 12.9. The van der Waals surface area contributed by atoms with Gasteiger partial charge in [-0.2, -0.15) is 0 Å². The van der Waals surface area contributed by atoms with Gasteiger partial charge in [0.2, 0.25) is 0 Å². The van der Waals surface area contributed by atoms with Crippen LogP contribution in [0.3, 0.4) is 0 Å². The van der Waals surface area contributed by atoms with Gasteiger partial charge in [0, 0.05) is 16.9 Å². The zero-order valence-corrected chi connectivity index (χ0v) is 24.2. The molecule has 2 aliphatic rings. The Hall–Kier alpha value is -2.91. The van der Waals surface area contributed by atoms with Crippen molar-refractivity contribution in [1.82, 2.24) is 5.32 Å². The van der Waals surface area contributed by atoms with Crippen molar-refractivity contribution in [3.63, 3.8) is 0 Å². The van der Waals surface area contributed by atoms with Crippen LogP contribution in [-0.4, -0.2) is 42.7 Å². The third-order valence-corrected chi connectivity index (χ3v) is 8.70. The summed E-state index contributed by atoms with van der Waals surface area (Å²) in [6.07, 6.45) is 1.42. The standard InChI is InChI=1S/C31H33BBrNO5/c1-30(2)31(3,4)39-32(38-30)22(16-20-13-14-28(33)21(15-20)18-35)17-34-29(36)37-19-27-25-11-7-5-9-23(25)24-10-6-8-12-26(24)27/h5-16,27,35H,17-19H2,1-4H3,(H,34,36). The van der Waals surface area contributed by atoms with E-state index in [1.165, 1.54) is 22.3 Å². The average molecular weight is 590 g/mol. The van der Waals surface area contributed by atoms with Crippen LogP contribution < -0.4 is 5.32 Å². The summed E-state index contributed by atoms with van der Waals surface area (Å²) in [4.78, 5) is 12.9. The highest BCUT2D eigenvalue weighted by molar-refractivity contribution is 9.10. The molecule has 1 amide bonds. The lowest BCUT2D eigenvalue weighted by Crippen LogP contribution is -2.41. The number of ether oxygens (including phenoxy) is 1. The molecule has 202 valence electrons. The number of halogens is 1. The highest BCUT2D eigenvalue weighted by Gasteiger charge is 2.52. The molecule has 1 saturated heterocycles. The van der Waals surface area contributed by atoms with Crippen molar-refractivity contribution in [3.8, 4) is 11.1 Å². The first-order chi connectivity index (χ1) is 18.6. The summed E-state index contributed by atoms with van der Waals surface area (Å²) in [5.74, 6) is -0.0130. The van der Waals surface area contributed by atoms with E-state index in [-0.39, 0.29) is 25.7 Å². The second-order valence-electron chi connectivity index (χ2n) is 11.0. The van der Waals surface area contributed by atoms with Crippen molar-refractivity contribution in [3.05, 3.63) is 98.9 Å². The van der Waals surface area contributed by atoms with Crippen LogP contribution in [0.2, 0.25) is 0 Å². The summed E-state index contributed by atoms with van der Waals surface area (Å²) in [6, 6.07) is 22.2. The SMILES string of the molecule is CC1(C)OB(C(=Cc2ccc(Br)c(CO)c2)CNC(=O)OCC2c3ccccc3-c3ccccc32)OC1(C)C. The molecule has 1 aliphatic heterocycles. The van der Waals surface area contributed by atoms with Gasteiger partial charge in [-0.25, -0.2) is 4.79 Å². The number of carbonyl (C=O) groups is 1. The van der Waals surface area contributed by atoms with Gasteiger partial charge >= 0.3 is 13.2 Å². The van der Waals surface area contributed by atoms with Crippen molar-refractivity contribution in [2.24, 2.45) is 0 Å². The molecule has 0 spiro atoms. The number of benzene rings is 3. The van der Waals surface area contributed by atoms with Crippen molar-refractivity contribution in [1.29, 1.82) is 0 Å². The molecule has 0 atom stereocenters. The number of amides is 1. The first-order valence-corrected chi connectivity index (χ1v) is 13.9. The van der Waals surface area contributed by atoms with Crippen molar-refractivity contribution >= 4 is 35.2 Å². The minimum absolute atomic E-state index is 0.0130. The molecule has 1 aliphatic carbocycles. The summed E-state index contributed by atoms with van der Waals surface area (Å²) in [5.41, 5.74) is 6.01. The lowest BCUT2D eigenvalue weighted by Gasteiger charge is -2.32. The van der Waals surface area contributed by atoms with E-state index < -0.39 is 24.4 Å². The Bertz CT molecular complexity index is 1360.